The van der Waals surface area contributed by atoms with Crippen LogP contribution in [0.3, 0.4) is 0 Å². The van der Waals surface area contributed by atoms with Gasteiger partial charge in [0.1, 0.15) is 22.9 Å². The monoisotopic (exact) mass is 284 g/mol. The molecule has 1 aromatic carbocycles. The third-order valence-corrected chi connectivity index (χ3v) is 3.56. The van der Waals surface area contributed by atoms with Gasteiger partial charge in [-0.15, -0.1) is 0 Å². The molecule has 1 aliphatic rings. The van der Waals surface area contributed by atoms with E-state index in [9.17, 15) is 5.26 Å². The number of hydrogen-bond acceptors (Lipinski definition) is 4. The first-order chi connectivity index (χ1) is 9.69. The highest BCUT2D eigenvalue weighted by Crippen LogP contribution is 2.39. The number of para-hydroxylation sites is 1. The van der Waals surface area contributed by atoms with Gasteiger partial charge in [0.25, 0.3) is 0 Å². The lowest BCUT2D eigenvalue weighted by molar-refractivity contribution is 0.914. The van der Waals surface area contributed by atoms with Gasteiger partial charge in [0.15, 0.2) is 0 Å². The molecule has 0 spiro atoms. The predicted octanol–water partition coefficient (Wildman–Crippen LogP) is 3.65. The van der Waals surface area contributed by atoms with Gasteiger partial charge in [-0.2, -0.15) is 5.26 Å². The quantitative estimate of drug-likeness (QED) is 0.807. The summed E-state index contributed by atoms with van der Waals surface area (Å²) in [4.78, 5) is 10.7. The summed E-state index contributed by atoms with van der Waals surface area (Å²) in [5, 5.41) is 9.63. The smallest absolute Gasteiger partial charge is 0.138 e. The van der Waals surface area contributed by atoms with Crippen molar-refractivity contribution in [3.63, 3.8) is 0 Å². The second-order valence-corrected chi connectivity index (χ2v) is 5.26. The van der Waals surface area contributed by atoms with Crippen LogP contribution in [-0.4, -0.2) is 17.0 Å². The van der Waals surface area contributed by atoms with Gasteiger partial charge in [-0.05, 0) is 25.0 Å². The number of rotatable bonds is 3. The lowest BCUT2D eigenvalue weighted by Gasteiger charge is -2.20. The van der Waals surface area contributed by atoms with Gasteiger partial charge in [-0.3, -0.25) is 0 Å². The Morgan fingerprint density at radius 3 is 2.75 bits per heavy atom. The van der Waals surface area contributed by atoms with Crippen molar-refractivity contribution in [2.45, 2.75) is 18.8 Å². The highest BCUT2D eigenvalue weighted by molar-refractivity contribution is 6.29. The predicted molar refractivity (Wildman–Crippen MR) is 78.2 cm³/mol. The Morgan fingerprint density at radius 1 is 1.30 bits per heavy atom. The van der Waals surface area contributed by atoms with Gasteiger partial charge in [-0.25, -0.2) is 9.97 Å². The summed E-state index contributed by atoms with van der Waals surface area (Å²) in [7, 11) is 1.88. The van der Waals surface area contributed by atoms with Gasteiger partial charge >= 0.3 is 0 Å². The topological polar surface area (TPSA) is 52.8 Å². The van der Waals surface area contributed by atoms with E-state index in [1.54, 1.807) is 12.1 Å². The van der Waals surface area contributed by atoms with E-state index in [-0.39, 0.29) is 0 Å². The second kappa shape index (κ2) is 5.10. The average Bonchev–Trinajstić information content (AvgIpc) is 3.30. The van der Waals surface area contributed by atoms with Crippen LogP contribution >= 0.6 is 11.6 Å². The highest BCUT2D eigenvalue weighted by Gasteiger charge is 2.27. The Bertz CT molecular complexity index is 689. The maximum Gasteiger partial charge on any atom is 0.138 e. The van der Waals surface area contributed by atoms with Crippen LogP contribution in [0.1, 0.15) is 30.1 Å². The first kappa shape index (κ1) is 12.9. The molecule has 5 heteroatoms. The number of halogens is 1. The largest absolute Gasteiger partial charge is 0.328 e. The minimum atomic E-state index is 0.437. The number of nitrogens with zero attached hydrogens (tertiary/aromatic N) is 4. The molecule has 0 bridgehead atoms. The molecule has 4 nitrogen and oxygen atoms in total. The molecule has 1 aromatic heterocycles. The molecule has 1 heterocycles. The molecule has 100 valence electrons. The Labute approximate surface area is 122 Å². The van der Waals surface area contributed by atoms with E-state index in [2.05, 4.69) is 16.0 Å². The molecular formula is C15H13ClN4. The molecule has 1 aliphatic carbocycles. The molecule has 0 radical (unpaired) electrons. The van der Waals surface area contributed by atoms with Gasteiger partial charge in [0.05, 0.1) is 11.3 Å². The molecule has 0 atom stereocenters. The van der Waals surface area contributed by atoms with Crippen LogP contribution in [0.2, 0.25) is 5.15 Å². The lowest BCUT2D eigenvalue weighted by atomic mass is 10.2. The summed E-state index contributed by atoms with van der Waals surface area (Å²) in [6.07, 6.45) is 2.25. The average molecular weight is 285 g/mol. The summed E-state index contributed by atoms with van der Waals surface area (Å²) in [5.41, 5.74) is 1.42. The summed E-state index contributed by atoms with van der Waals surface area (Å²) >= 11 is 6.08. The molecule has 0 unspecified atom stereocenters. The van der Waals surface area contributed by atoms with Gasteiger partial charge in [0.2, 0.25) is 0 Å². The van der Waals surface area contributed by atoms with E-state index in [0.717, 1.165) is 30.2 Å². The third kappa shape index (κ3) is 2.45. The van der Waals surface area contributed by atoms with Gasteiger partial charge in [0, 0.05) is 19.0 Å². The first-order valence-corrected chi connectivity index (χ1v) is 6.84. The van der Waals surface area contributed by atoms with Gasteiger partial charge in [-0.1, -0.05) is 23.7 Å². The van der Waals surface area contributed by atoms with Crippen molar-refractivity contribution in [3.05, 3.63) is 46.9 Å². The molecule has 0 saturated heterocycles. The van der Waals surface area contributed by atoms with Crippen LogP contribution < -0.4 is 4.90 Å². The SMILES string of the molecule is CN(c1cc(Cl)nc(C2CC2)n1)c1ccccc1C#N. The van der Waals surface area contributed by atoms with E-state index in [0.29, 0.717) is 16.6 Å². The van der Waals surface area contributed by atoms with Crippen molar-refractivity contribution < 1.29 is 0 Å². The van der Waals surface area contributed by atoms with Crippen LogP contribution in [0.25, 0.3) is 0 Å². The Kier molecular flexibility index (Phi) is 3.29. The van der Waals surface area contributed by atoms with Crippen molar-refractivity contribution in [2.24, 2.45) is 0 Å². The summed E-state index contributed by atoms with van der Waals surface area (Å²) in [6.45, 7) is 0. The molecule has 0 aliphatic heterocycles. The van der Waals surface area contributed by atoms with Crippen molar-refractivity contribution in [2.75, 3.05) is 11.9 Å². The zero-order valence-corrected chi connectivity index (χ0v) is 11.8. The summed E-state index contributed by atoms with van der Waals surface area (Å²) in [5.74, 6) is 1.95. The molecule has 1 saturated carbocycles. The molecule has 0 amide bonds. The highest BCUT2D eigenvalue weighted by atomic mass is 35.5. The Balaban J connectivity index is 2.02. The summed E-state index contributed by atoms with van der Waals surface area (Å²) in [6, 6.07) is 11.3. The number of benzene rings is 1. The second-order valence-electron chi connectivity index (χ2n) is 4.87. The van der Waals surface area contributed by atoms with E-state index >= 15 is 0 Å². The molecule has 3 rings (SSSR count). The number of hydrogen-bond donors (Lipinski definition) is 0. The standard InChI is InChI=1S/C15H13ClN4/c1-20(12-5-3-2-4-11(12)9-17)14-8-13(16)18-15(19-14)10-6-7-10/h2-5,8,10H,6-7H2,1H3. The Morgan fingerprint density at radius 2 is 2.05 bits per heavy atom. The molecule has 20 heavy (non-hydrogen) atoms. The Hall–Kier alpha value is -2.12. The van der Waals surface area contributed by atoms with Crippen LogP contribution in [0, 0.1) is 11.3 Å². The van der Waals surface area contributed by atoms with Crippen molar-refractivity contribution >= 4 is 23.1 Å². The normalized spacial score (nSPS) is 13.8. The van der Waals surface area contributed by atoms with Crippen LogP contribution in [0.4, 0.5) is 11.5 Å². The minimum absolute atomic E-state index is 0.437. The fourth-order valence-electron chi connectivity index (χ4n) is 2.10. The maximum absolute atomic E-state index is 9.19. The maximum atomic E-state index is 9.19. The molecule has 1 fully saturated rings. The van der Waals surface area contributed by atoms with E-state index in [1.807, 2.05) is 30.1 Å². The lowest BCUT2D eigenvalue weighted by Crippen LogP contribution is -2.14. The number of aromatic nitrogens is 2. The fraction of sp³-hybridized carbons (Fsp3) is 0.267. The van der Waals surface area contributed by atoms with Crippen molar-refractivity contribution in [3.8, 4) is 6.07 Å². The molecule has 2 aromatic rings. The number of anilines is 2. The minimum Gasteiger partial charge on any atom is -0.328 e. The van der Waals surface area contributed by atoms with Crippen molar-refractivity contribution in [1.82, 2.24) is 9.97 Å². The van der Waals surface area contributed by atoms with E-state index < -0.39 is 0 Å². The van der Waals surface area contributed by atoms with Crippen LogP contribution in [0.5, 0.6) is 0 Å². The van der Waals surface area contributed by atoms with Crippen molar-refractivity contribution in [1.29, 1.82) is 5.26 Å². The summed E-state index contributed by atoms with van der Waals surface area (Å²) < 4.78 is 0. The zero-order chi connectivity index (χ0) is 14.1. The van der Waals surface area contributed by atoms with Gasteiger partial charge < -0.3 is 4.90 Å². The van der Waals surface area contributed by atoms with Crippen LogP contribution in [0.15, 0.2) is 30.3 Å². The van der Waals surface area contributed by atoms with E-state index in [4.69, 9.17) is 11.6 Å². The first-order valence-electron chi connectivity index (χ1n) is 6.46. The van der Waals surface area contributed by atoms with Crippen LogP contribution in [-0.2, 0) is 0 Å². The van der Waals surface area contributed by atoms with E-state index in [1.165, 1.54) is 0 Å². The third-order valence-electron chi connectivity index (χ3n) is 3.37. The molecular weight excluding hydrogens is 272 g/mol. The zero-order valence-electron chi connectivity index (χ0n) is 11.0. The number of nitriles is 1. The molecule has 0 N–H and O–H groups in total. The fourth-order valence-corrected chi connectivity index (χ4v) is 2.29.